The molecule has 106 valence electrons. The summed E-state index contributed by atoms with van der Waals surface area (Å²) in [5.41, 5.74) is 2.23. The molecule has 0 bridgehead atoms. The lowest BCUT2D eigenvalue weighted by atomic mass is 10.1. The van der Waals surface area contributed by atoms with Gasteiger partial charge in [-0.1, -0.05) is 6.07 Å². The van der Waals surface area contributed by atoms with Crippen molar-refractivity contribution in [3.63, 3.8) is 0 Å². The summed E-state index contributed by atoms with van der Waals surface area (Å²) in [7, 11) is 3.27. The van der Waals surface area contributed by atoms with Crippen LogP contribution in [0.15, 0.2) is 24.4 Å². The minimum absolute atomic E-state index is 0.0553. The minimum atomic E-state index is -0.145. The number of nitrogens with one attached hydrogen (secondary N) is 1. The van der Waals surface area contributed by atoms with Crippen molar-refractivity contribution in [1.82, 2.24) is 9.78 Å². The zero-order valence-electron chi connectivity index (χ0n) is 11.7. The number of hydrogen-bond donors (Lipinski definition) is 2. The first kappa shape index (κ1) is 13.9. The van der Waals surface area contributed by atoms with Crippen LogP contribution in [0.3, 0.4) is 0 Å². The van der Waals surface area contributed by atoms with E-state index < -0.39 is 0 Å². The number of methoxy groups -OCH3 is 1. The summed E-state index contributed by atoms with van der Waals surface area (Å²) >= 11 is 0. The first-order chi connectivity index (χ1) is 9.49. The van der Waals surface area contributed by atoms with Gasteiger partial charge >= 0.3 is 0 Å². The normalized spacial score (nSPS) is 10.3. The Kier molecular flexibility index (Phi) is 3.93. The van der Waals surface area contributed by atoms with Crippen molar-refractivity contribution in [2.24, 2.45) is 7.05 Å². The highest BCUT2D eigenvalue weighted by Crippen LogP contribution is 2.26. The van der Waals surface area contributed by atoms with Crippen molar-refractivity contribution >= 4 is 11.6 Å². The lowest BCUT2D eigenvalue weighted by Crippen LogP contribution is -2.14. The highest BCUT2D eigenvalue weighted by Gasteiger charge is 2.10. The summed E-state index contributed by atoms with van der Waals surface area (Å²) in [4.78, 5) is 12.0. The van der Waals surface area contributed by atoms with Crippen LogP contribution in [0.25, 0.3) is 0 Å². The second kappa shape index (κ2) is 5.64. The molecule has 1 heterocycles. The number of carbonyl (C=O) groups is 1. The number of carbonyl (C=O) groups excluding carboxylic acids is 1. The standard InChI is InChI=1S/C14H17N3O3/c1-9-11(8-17(2)16-9)15-14(19)7-10-4-5-12(18)13(6-10)20-3/h4-6,8,18H,7H2,1-3H3,(H,15,19). The van der Waals surface area contributed by atoms with Gasteiger partial charge in [0.25, 0.3) is 0 Å². The van der Waals surface area contributed by atoms with Crippen molar-refractivity contribution in [2.75, 3.05) is 12.4 Å². The van der Waals surface area contributed by atoms with Gasteiger partial charge in [-0.05, 0) is 24.6 Å². The maximum atomic E-state index is 12.0. The Morgan fingerprint density at radius 3 is 2.85 bits per heavy atom. The largest absolute Gasteiger partial charge is 0.504 e. The van der Waals surface area contributed by atoms with Crippen LogP contribution in [0.5, 0.6) is 11.5 Å². The molecular formula is C14H17N3O3. The maximum Gasteiger partial charge on any atom is 0.228 e. The molecule has 1 aromatic carbocycles. The Balaban J connectivity index is 2.06. The van der Waals surface area contributed by atoms with Gasteiger partial charge in [-0.3, -0.25) is 9.48 Å². The predicted octanol–water partition coefficient (Wildman–Crippen LogP) is 1.62. The first-order valence-electron chi connectivity index (χ1n) is 6.15. The molecule has 2 rings (SSSR count). The molecule has 1 amide bonds. The van der Waals surface area contributed by atoms with E-state index in [2.05, 4.69) is 10.4 Å². The topological polar surface area (TPSA) is 76.4 Å². The third-order valence-corrected chi connectivity index (χ3v) is 2.90. The monoisotopic (exact) mass is 275 g/mol. The summed E-state index contributed by atoms with van der Waals surface area (Å²) in [5.74, 6) is 0.265. The number of nitrogens with zero attached hydrogens (tertiary/aromatic N) is 2. The highest BCUT2D eigenvalue weighted by atomic mass is 16.5. The molecule has 1 aromatic heterocycles. The molecule has 0 radical (unpaired) electrons. The number of phenolic OH excluding ortho intramolecular Hbond substituents is 1. The van der Waals surface area contributed by atoms with E-state index in [1.807, 2.05) is 6.92 Å². The summed E-state index contributed by atoms with van der Waals surface area (Å²) in [6.07, 6.45) is 1.95. The minimum Gasteiger partial charge on any atom is -0.504 e. The van der Waals surface area contributed by atoms with E-state index >= 15 is 0 Å². The van der Waals surface area contributed by atoms with E-state index in [0.717, 1.165) is 11.3 Å². The van der Waals surface area contributed by atoms with Crippen LogP contribution in [0, 0.1) is 6.92 Å². The van der Waals surface area contributed by atoms with Gasteiger partial charge in [0.05, 0.1) is 24.9 Å². The molecule has 2 aromatic rings. The molecule has 0 aliphatic carbocycles. The molecule has 0 atom stereocenters. The fourth-order valence-corrected chi connectivity index (χ4v) is 1.93. The summed E-state index contributed by atoms with van der Waals surface area (Å²) in [6.45, 7) is 1.83. The Morgan fingerprint density at radius 1 is 1.50 bits per heavy atom. The second-order valence-corrected chi connectivity index (χ2v) is 4.53. The zero-order valence-corrected chi connectivity index (χ0v) is 11.7. The fraction of sp³-hybridized carbons (Fsp3) is 0.286. The number of amides is 1. The van der Waals surface area contributed by atoms with Crippen molar-refractivity contribution < 1.29 is 14.6 Å². The molecule has 0 fully saturated rings. The van der Waals surface area contributed by atoms with Crippen LogP contribution >= 0.6 is 0 Å². The number of aromatic hydroxyl groups is 1. The fourth-order valence-electron chi connectivity index (χ4n) is 1.93. The number of anilines is 1. The Hall–Kier alpha value is -2.50. The molecule has 2 N–H and O–H groups in total. The number of ether oxygens (including phenoxy) is 1. The van der Waals surface area contributed by atoms with E-state index in [9.17, 15) is 9.90 Å². The van der Waals surface area contributed by atoms with Crippen molar-refractivity contribution in [3.05, 3.63) is 35.7 Å². The highest BCUT2D eigenvalue weighted by molar-refractivity contribution is 5.92. The zero-order chi connectivity index (χ0) is 14.7. The molecule has 0 aliphatic rings. The molecule has 0 unspecified atom stereocenters. The van der Waals surface area contributed by atoms with Gasteiger partial charge in [0.1, 0.15) is 0 Å². The van der Waals surface area contributed by atoms with Crippen LogP contribution < -0.4 is 10.1 Å². The van der Waals surface area contributed by atoms with E-state index in [1.165, 1.54) is 13.2 Å². The van der Waals surface area contributed by atoms with Crippen molar-refractivity contribution in [3.8, 4) is 11.5 Å². The number of hydrogen-bond acceptors (Lipinski definition) is 4. The molecular weight excluding hydrogens is 258 g/mol. The van der Waals surface area contributed by atoms with Crippen LogP contribution in [-0.4, -0.2) is 27.9 Å². The number of aromatic nitrogens is 2. The van der Waals surface area contributed by atoms with Gasteiger partial charge in [-0.15, -0.1) is 0 Å². The number of rotatable bonds is 4. The van der Waals surface area contributed by atoms with Gasteiger partial charge in [0.2, 0.25) is 5.91 Å². The average molecular weight is 275 g/mol. The average Bonchev–Trinajstić information content (AvgIpc) is 2.70. The van der Waals surface area contributed by atoms with Crippen LogP contribution in [0.1, 0.15) is 11.3 Å². The van der Waals surface area contributed by atoms with Gasteiger partial charge in [-0.25, -0.2) is 0 Å². The summed E-state index contributed by atoms with van der Waals surface area (Å²) in [6, 6.07) is 4.84. The Morgan fingerprint density at radius 2 is 2.25 bits per heavy atom. The van der Waals surface area contributed by atoms with Crippen molar-refractivity contribution in [2.45, 2.75) is 13.3 Å². The molecule has 0 spiro atoms. The lowest BCUT2D eigenvalue weighted by Gasteiger charge is -2.07. The van der Waals surface area contributed by atoms with E-state index in [1.54, 1.807) is 30.1 Å². The third-order valence-electron chi connectivity index (χ3n) is 2.90. The van der Waals surface area contributed by atoms with Gasteiger partial charge in [0.15, 0.2) is 11.5 Å². The smallest absolute Gasteiger partial charge is 0.228 e. The maximum absolute atomic E-state index is 12.0. The SMILES string of the molecule is COc1cc(CC(=O)Nc2cn(C)nc2C)ccc1O. The van der Waals surface area contributed by atoms with E-state index in [4.69, 9.17) is 4.74 Å². The van der Waals surface area contributed by atoms with Crippen LogP contribution in [0.2, 0.25) is 0 Å². The quantitative estimate of drug-likeness (QED) is 0.889. The summed E-state index contributed by atoms with van der Waals surface area (Å²) in [5, 5.41) is 16.5. The van der Waals surface area contributed by atoms with Crippen molar-refractivity contribution in [1.29, 1.82) is 0 Å². The van der Waals surface area contributed by atoms with E-state index in [0.29, 0.717) is 11.4 Å². The number of benzene rings is 1. The van der Waals surface area contributed by atoms with E-state index in [-0.39, 0.29) is 18.1 Å². The Bertz CT molecular complexity index is 635. The second-order valence-electron chi connectivity index (χ2n) is 4.53. The van der Waals surface area contributed by atoms with Gasteiger partial charge in [-0.2, -0.15) is 5.10 Å². The predicted molar refractivity (Wildman–Crippen MR) is 74.9 cm³/mol. The van der Waals surface area contributed by atoms with Crippen LogP contribution in [-0.2, 0) is 18.3 Å². The summed E-state index contributed by atoms with van der Waals surface area (Å²) < 4.78 is 6.66. The molecule has 20 heavy (non-hydrogen) atoms. The molecule has 0 aliphatic heterocycles. The van der Waals surface area contributed by atoms with Gasteiger partial charge < -0.3 is 15.2 Å². The van der Waals surface area contributed by atoms with Gasteiger partial charge in [0, 0.05) is 13.2 Å². The number of aryl methyl sites for hydroxylation is 2. The number of phenols is 1. The molecule has 0 saturated heterocycles. The Labute approximate surface area is 117 Å². The lowest BCUT2D eigenvalue weighted by molar-refractivity contribution is -0.115. The van der Waals surface area contributed by atoms with Crippen LogP contribution in [0.4, 0.5) is 5.69 Å². The third kappa shape index (κ3) is 3.09. The first-order valence-corrected chi connectivity index (χ1v) is 6.15. The molecule has 6 heteroatoms. The molecule has 6 nitrogen and oxygen atoms in total. The molecule has 0 saturated carbocycles.